The molecule has 0 saturated carbocycles. The second-order valence-electron chi connectivity index (χ2n) is 2.45. The van der Waals surface area contributed by atoms with Crippen molar-refractivity contribution in [3.05, 3.63) is 24.3 Å². The van der Waals surface area contributed by atoms with Crippen molar-refractivity contribution in [3.8, 4) is 0 Å². The second kappa shape index (κ2) is 3.54. The van der Waals surface area contributed by atoms with Crippen LogP contribution < -0.4 is 5.32 Å². The third-order valence-corrected chi connectivity index (χ3v) is 2.12. The molecule has 0 aliphatic heterocycles. The lowest BCUT2D eigenvalue weighted by atomic mass is 9.96. The number of hydrogen-bond donors (Lipinski definition) is 1. The molecule has 0 saturated heterocycles. The van der Waals surface area contributed by atoms with E-state index >= 15 is 0 Å². The van der Waals surface area contributed by atoms with Gasteiger partial charge in [0.2, 0.25) is 6.41 Å². The highest BCUT2D eigenvalue weighted by atomic mass is 35.5. The first kappa shape index (κ1) is 9.00. The molecule has 2 unspecified atom stereocenters. The molecule has 1 aliphatic rings. The standard InChI is InChI=1S/C8H8ClNO2/c9-8(5-11)4-2-1-3-7(8)10-6-12/h1-7H,(H,10,12). The van der Waals surface area contributed by atoms with Gasteiger partial charge in [-0.2, -0.15) is 0 Å². The summed E-state index contributed by atoms with van der Waals surface area (Å²) in [7, 11) is 0. The molecule has 3 nitrogen and oxygen atoms in total. The zero-order valence-electron chi connectivity index (χ0n) is 6.24. The van der Waals surface area contributed by atoms with E-state index in [0.29, 0.717) is 12.7 Å². The van der Waals surface area contributed by atoms with Crippen molar-refractivity contribution in [3.63, 3.8) is 0 Å². The Bertz CT molecular complexity index is 249. The first-order valence-electron chi connectivity index (χ1n) is 3.44. The summed E-state index contributed by atoms with van der Waals surface area (Å²) in [4.78, 5) is 19.6. The van der Waals surface area contributed by atoms with Crippen LogP contribution in [-0.2, 0) is 9.59 Å². The number of hydrogen-bond acceptors (Lipinski definition) is 2. The van der Waals surface area contributed by atoms with Crippen LogP contribution in [0.15, 0.2) is 24.3 Å². The fourth-order valence-electron chi connectivity index (χ4n) is 0.999. The van der Waals surface area contributed by atoms with Crippen LogP contribution in [0.4, 0.5) is 0 Å². The lowest BCUT2D eigenvalue weighted by Gasteiger charge is -2.26. The Hall–Kier alpha value is -1.09. The minimum absolute atomic E-state index is 0.459. The molecule has 0 spiro atoms. The molecule has 1 aliphatic carbocycles. The predicted octanol–water partition coefficient (Wildman–Crippen LogP) is 0.403. The molecule has 1 rings (SSSR count). The van der Waals surface area contributed by atoms with E-state index in [1.54, 1.807) is 24.3 Å². The van der Waals surface area contributed by atoms with Crippen LogP contribution >= 0.6 is 11.6 Å². The third kappa shape index (κ3) is 1.56. The zero-order chi connectivity index (χ0) is 9.03. The molecule has 1 N–H and O–H groups in total. The van der Waals surface area contributed by atoms with Gasteiger partial charge in [-0.15, -0.1) is 11.6 Å². The molecule has 1 amide bonds. The SMILES string of the molecule is O=CNC1C=CC=CC1(Cl)C=O. The minimum Gasteiger partial charge on any atom is -0.350 e. The molecule has 64 valence electrons. The van der Waals surface area contributed by atoms with E-state index in [2.05, 4.69) is 5.32 Å². The molecule has 0 radical (unpaired) electrons. The van der Waals surface area contributed by atoms with Crippen molar-refractivity contribution >= 4 is 24.3 Å². The number of nitrogens with one attached hydrogen (secondary N) is 1. The van der Waals surface area contributed by atoms with E-state index in [4.69, 9.17) is 11.6 Å². The molecule has 2 atom stereocenters. The van der Waals surface area contributed by atoms with Gasteiger partial charge >= 0.3 is 0 Å². The summed E-state index contributed by atoms with van der Waals surface area (Å²) in [5, 5.41) is 2.44. The largest absolute Gasteiger partial charge is 0.350 e. The van der Waals surface area contributed by atoms with Crippen LogP contribution in [0, 0.1) is 0 Å². The van der Waals surface area contributed by atoms with Crippen LogP contribution in [0.25, 0.3) is 0 Å². The van der Waals surface area contributed by atoms with Crippen LogP contribution in [-0.4, -0.2) is 23.6 Å². The summed E-state index contributed by atoms with van der Waals surface area (Å²) in [6.07, 6.45) is 7.73. The molecular formula is C8H8ClNO2. The van der Waals surface area contributed by atoms with Crippen molar-refractivity contribution < 1.29 is 9.59 Å². The number of carbonyl (C=O) groups is 2. The third-order valence-electron chi connectivity index (χ3n) is 1.67. The maximum Gasteiger partial charge on any atom is 0.207 e. The predicted molar refractivity (Wildman–Crippen MR) is 45.9 cm³/mol. The highest BCUT2D eigenvalue weighted by Crippen LogP contribution is 2.23. The summed E-state index contributed by atoms with van der Waals surface area (Å²) >= 11 is 5.88. The van der Waals surface area contributed by atoms with Gasteiger partial charge in [-0.25, -0.2) is 0 Å². The van der Waals surface area contributed by atoms with Gasteiger partial charge in [0.1, 0.15) is 11.2 Å². The Morgan fingerprint density at radius 2 is 2.17 bits per heavy atom. The van der Waals surface area contributed by atoms with E-state index in [9.17, 15) is 9.59 Å². The molecular weight excluding hydrogens is 178 g/mol. The number of alkyl halides is 1. The van der Waals surface area contributed by atoms with Crippen molar-refractivity contribution in [2.24, 2.45) is 0 Å². The lowest BCUT2D eigenvalue weighted by Crippen LogP contribution is -2.46. The van der Waals surface area contributed by atoms with Crippen LogP contribution in [0.5, 0.6) is 0 Å². The number of allylic oxidation sites excluding steroid dienone is 2. The van der Waals surface area contributed by atoms with Gasteiger partial charge in [0, 0.05) is 0 Å². The van der Waals surface area contributed by atoms with Gasteiger partial charge in [0.15, 0.2) is 0 Å². The van der Waals surface area contributed by atoms with Crippen molar-refractivity contribution in [1.29, 1.82) is 0 Å². The number of rotatable bonds is 3. The average Bonchev–Trinajstić information content (AvgIpc) is 2.10. The summed E-state index contributed by atoms with van der Waals surface area (Å²) in [5.74, 6) is 0. The average molecular weight is 186 g/mol. The Kier molecular flexibility index (Phi) is 2.65. The summed E-state index contributed by atoms with van der Waals surface area (Å²) in [5.41, 5.74) is 0. The fourth-order valence-corrected chi connectivity index (χ4v) is 1.21. The fraction of sp³-hybridized carbons (Fsp3) is 0.250. The van der Waals surface area contributed by atoms with Crippen molar-refractivity contribution in [1.82, 2.24) is 5.32 Å². The molecule has 0 aromatic rings. The van der Waals surface area contributed by atoms with Crippen LogP contribution in [0.1, 0.15) is 0 Å². The van der Waals surface area contributed by atoms with E-state index in [0.717, 1.165) is 0 Å². The quantitative estimate of drug-likeness (QED) is 0.511. The van der Waals surface area contributed by atoms with Gasteiger partial charge in [-0.05, 0) is 0 Å². The van der Waals surface area contributed by atoms with E-state index in [-0.39, 0.29) is 0 Å². The Morgan fingerprint density at radius 3 is 2.75 bits per heavy atom. The van der Waals surface area contributed by atoms with E-state index in [1.165, 1.54) is 0 Å². The molecule has 0 aromatic heterocycles. The molecule has 4 heteroatoms. The summed E-state index contributed by atoms with van der Waals surface area (Å²) in [6.45, 7) is 0. The molecule has 0 bridgehead atoms. The Balaban J connectivity index is 2.83. The van der Waals surface area contributed by atoms with Gasteiger partial charge in [-0.1, -0.05) is 24.3 Å². The molecule has 0 fully saturated rings. The lowest BCUT2D eigenvalue weighted by molar-refractivity contribution is -0.111. The highest BCUT2D eigenvalue weighted by molar-refractivity contribution is 6.34. The molecule has 0 heterocycles. The number of halogens is 1. The highest BCUT2D eigenvalue weighted by Gasteiger charge is 2.33. The topological polar surface area (TPSA) is 46.2 Å². The van der Waals surface area contributed by atoms with Crippen molar-refractivity contribution in [2.75, 3.05) is 0 Å². The normalized spacial score (nSPS) is 32.9. The number of amides is 1. The Morgan fingerprint density at radius 1 is 1.42 bits per heavy atom. The molecule has 12 heavy (non-hydrogen) atoms. The number of aldehydes is 1. The van der Waals surface area contributed by atoms with E-state index < -0.39 is 10.9 Å². The first-order valence-corrected chi connectivity index (χ1v) is 3.82. The zero-order valence-corrected chi connectivity index (χ0v) is 6.99. The van der Waals surface area contributed by atoms with Gasteiger partial charge in [0.05, 0.1) is 6.04 Å². The van der Waals surface area contributed by atoms with Crippen LogP contribution in [0.3, 0.4) is 0 Å². The van der Waals surface area contributed by atoms with Gasteiger partial charge in [0.25, 0.3) is 0 Å². The summed E-state index contributed by atoms with van der Waals surface area (Å²) < 4.78 is 0. The van der Waals surface area contributed by atoms with Crippen LogP contribution in [0.2, 0.25) is 0 Å². The monoisotopic (exact) mass is 185 g/mol. The smallest absolute Gasteiger partial charge is 0.207 e. The maximum atomic E-state index is 10.6. The number of carbonyl (C=O) groups excluding carboxylic acids is 2. The van der Waals surface area contributed by atoms with Crippen molar-refractivity contribution in [2.45, 2.75) is 10.9 Å². The second-order valence-corrected chi connectivity index (χ2v) is 3.11. The first-order chi connectivity index (χ1) is 5.73. The molecule has 0 aromatic carbocycles. The Labute approximate surface area is 75.1 Å². The van der Waals surface area contributed by atoms with Gasteiger partial charge in [-0.3, -0.25) is 4.79 Å². The minimum atomic E-state index is -1.13. The van der Waals surface area contributed by atoms with Gasteiger partial charge < -0.3 is 10.1 Å². The van der Waals surface area contributed by atoms with E-state index in [1.807, 2.05) is 0 Å². The maximum absolute atomic E-state index is 10.6. The summed E-state index contributed by atoms with van der Waals surface area (Å²) in [6, 6.07) is -0.459.